The van der Waals surface area contributed by atoms with Crippen LogP contribution in [-0.4, -0.2) is 33.3 Å². The molecule has 8 heteroatoms. The van der Waals surface area contributed by atoms with E-state index in [-0.39, 0.29) is 11.9 Å². The second-order valence-electron chi connectivity index (χ2n) is 6.85. The third kappa shape index (κ3) is 4.39. The molecule has 1 N–H and O–H groups in total. The van der Waals surface area contributed by atoms with Gasteiger partial charge in [-0.1, -0.05) is 35.2 Å². The zero-order chi connectivity index (χ0) is 19.5. The molecular weight excluding hydrogens is 408 g/mol. The van der Waals surface area contributed by atoms with Gasteiger partial charge in [-0.05, 0) is 61.4 Å². The fourth-order valence-electron chi connectivity index (χ4n) is 3.31. The number of carbonyl (C=O) groups excluding carboxylic acids is 1. The van der Waals surface area contributed by atoms with Gasteiger partial charge in [0.25, 0.3) is 0 Å². The zero-order valence-corrected chi connectivity index (χ0v) is 18.3. The summed E-state index contributed by atoms with van der Waals surface area (Å²) in [4.78, 5) is 16.0. The van der Waals surface area contributed by atoms with Gasteiger partial charge < -0.3 is 10.2 Å². The number of hydrogen-bond acceptors (Lipinski definition) is 7. The van der Waals surface area contributed by atoms with Gasteiger partial charge >= 0.3 is 0 Å². The van der Waals surface area contributed by atoms with Crippen LogP contribution in [0.5, 0.6) is 0 Å². The van der Waals surface area contributed by atoms with Gasteiger partial charge in [0.15, 0.2) is 4.34 Å². The van der Waals surface area contributed by atoms with Crippen molar-refractivity contribution in [2.45, 2.75) is 37.1 Å². The van der Waals surface area contributed by atoms with Crippen LogP contribution >= 0.6 is 34.4 Å². The molecule has 0 bridgehead atoms. The molecule has 5 nitrogen and oxygen atoms in total. The topological polar surface area (TPSA) is 58.1 Å². The van der Waals surface area contributed by atoms with Crippen LogP contribution in [-0.2, 0) is 4.79 Å². The average Bonchev–Trinajstić information content (AvgIpc) is 3.44. The number of aromatic nitrogens is 2. The maximum Gasteiger partial charge on any atom is 0.233 e. The Kier molecular flexibility index (Phi) is 5.99. The molecule has 0 spiro atoms. The molecule has 1 aromatic carbocycles. The molecule has 3 heterocycles. The minimum absolute atomic E-state index is 0.180. The van der Waals surface area contributed by atoms with E-state index in [1.54, 1.807) is 11.3 Å². The first-order valence-electron chi connectivity index (χ1n) is 9.23. The Morgan fingerprint density at radius 2 is 2.18 bits per heavy atom. The van der Waals surface area contributed by atoms with Gasteiger partial charge in [0.2, 0.25) is 11.0 Å². The summed E-state index contributed by atoms with van der Waals surface area (Å²) in [5.74, 6) is 0.583. The summed E-state index contributed by atoms with van der Waals surface area (Å²) in [5.41, 5.74) is 3.50. The molecule has 4 rings (SSSR count). The molecule has 1 amide bonds. The quantitative estimate of drug-likeness (QED) is 0.530. The van der Waals surface area contributed by atoms with E-state index in [0.29, 0.717) is 5.75 Å². The van der Waals surface area contributed by atoms with Gasteiger partial charge in [-0.3, -0.25) is 4.79 Å². The summed E-state index contributed by atoms with van der Waals surface area (Å²) in [6.45, 7) is 5.03. The molecule has 0 unspecified atom stereocenters. The maximum atomic E-state index is 12.7. The predicted octanol–water partition coefficient (Wildman–Crippen LogP) is 5.42. The lowest BCUT2D eigenvalue weighted by Crippen LogP contribution is -2.31. The lowest BCUT2D eigenvalue weighted by molar-refractivity contribution is -0.129. The van der Waals surface area contributed by atoms with Gasteiger partial charge in [-0.25, -0.2) is 0 Å². The van der Waals surface area contributed by atoms with Gasteiger partial charge in [-0.2, -0.15) is 0 Å². The first-order chi connectivity index (χ1) is 13.6. The molecule has 2 aromatic heterocycles. The highest BCUT2D eigenvalue weighted by Gasteiger charge is 2.30. The smallest absolute Gasteiger partial charge is 0.233 e. The van der Waals surface area contributed by atoms with Crippen LogP contribution in [0.15, 0.2) is 40.1 Å². The van der Waals surface area contributed by atoms with Gasteiger partial charge in [0.1, 0.15) is 0 Å². The summed E-state index contributed by atoms with van der Waals surface area (Å²) < 4.78 is 0.812. The van der Waals surface area contributed by atoms with E-state index >= 15 is 0 Å². The Morgan fingerprint density at radius 1 is 1.29 bits per heavy atom. The van der Waals surface area contributed by atoms with Crippen molar-refractivity contribution in [3.63, 3.8) is 0 Å². The van der Waals surface area contributed by atoms with Crippen molar-refractivity contribution in [2.24, 2.45) is 0 Å². The molecule has 146 valence electrons. The number of thioether (sulfide) groups is 1. The second-order valence-corrected chi connectivity index (χ2v) is 10.0. The Hall–Kier alpha value is -1.90. The van der Waals surface area contributed by atoms with Crippen LogP contribution in [0.1, 0.15) is 34.9 Å². The third-order valence-corrected chi connectivity index (χ3v) is 7.86. The molecule has 0 aliphatic carbocycles. The monoisotopic (exact) mass is 430 g/mol. The minimum Gasteiger partial charge on any atom is -0.334 e. The van der Waals surface area contributed by atoms with Gasteiger partial charge in [0.05, 0.1) is 11.8 Å². The van der Waals surface area contributed by atoms with E-state index in [1.807, 2.05) is 11.0 Å². The number of benzene rings is 1. The van der Waals surface area contributed by atoms with Gasteiger partial charge in [-0.15, -0.1) is 21.5 Å². The number of thiophene rings is 1. The Bertz CT molecular complexity index is 954. The minimum atomic E-state index is 0.180. The molecule has 1 aliphatic heterocycles. The van der Waals surface area contributed by atoms with Crippen molar-refractivity contribution in [2.75, 3.05) is 17.6 Å². The lowest BCUT2D eigenvalue weighted by atomic mass is 10.1. The zero-order valence-electron chi connectivity index (χ0n) is 15.8. The molecule has 28 heavy (non-hydrogen) atoms. The molecule has 0 radical (unpaired) electrons. The summed E-state index contributed by atoms with van der Waals surface area (Å²) >= 11 is 4.68. The molecule has 1 fully saturated rings. The average molecular weight is 431 g/mol. The highest BCUT2D eigenvalue weighted by atomic mass is 32.2. The molecule has 1 atom stereocenters. The van der Waals surface area contributed by atoms with Gasteiger partial charge in [0, 0.05) is 17.1 Å². The molecule has 3 aromatic rings. The standard InChI is InChI=1S/C20H22N4OS3/c1-13-7-8-15(11-14(13)2)21-19-22-23-20(28-19)27-12-18(25)24-9-3-5-16(24)17-6-4-10-26-17/h4,6-8,10-11,16H,3,5,9,12H2,1-2H3,(H,21,22)/t16-/m1/s1. The highest BCUT2D eigenvalue weighted by molar-refractivity contribution is 8.01. The van der Waals surface area contributed by atoms with E-state index in [1.165, 1.54) is 39.1 Å². The summed E-state index contributed by atoms with van der Waals surface area (Å²) in [5, 5.41) is 14.6. The van der Waals surface area contributed by atoms with Crippen LogP contribution in [0.3, 0.4) is 0 Å². The molecular formula is C20H22N4OS3. The highest BCUT2D eigenvalue weighted by Crippen LogP contribution is 2.35. The number of aryl methyl sites for hydroxylation is 2. The fraction of sp³-hybridized carbons (Fsp3) is 0.350. The first-order valence-corrected chi connectivity index (χ1v) is 11.9. The molecule has 1 saturated heterocycles. The summed E-state index contributed by atoms with van der Waals surface area (Å²) in [7, 11) is 0. The Balaban J connectivity index is 1.34. The van der Waals surface area contributed by atoms with E-state index in [9.17, 15) is 4.79 Å². The first kappa shape index (κ1) is 19.4. The SMILES string of the molecule is Cc1ccc(Nc2nnc(SCC(=O)N3CCC[C@@H]3c3cccs3)s2)cc1C. The van der Waals surface area contributed by atoms with Crippen LogP contribution in [0.25, 0.3) is 0 Å². The van der Waals surface area contributed by atoms with Crippen molar-refractivity contribution >= 4 is 51.2 Å². The van der Waals surface area contributed by atoms with Crippen molar-refractivity contribution in [1.29, 1.82) is 0 Å². The Morgan fingerprint density at radius 3 is 2.96 bits per heavy atom. The number of amides is 1. The number of anilines is 2. The largest absolute Gasteiger partial charge is 0.334 e. The molecule has 0 saturated carbocycles. The Labute approximate surface area is 177 Å². The number of rotatable bonds is 6. The van der Waals surface area contributed by atoms with Crippen LogP contribution in [0.4, 0.5) is 10.8 Å². The van der Waals surface area contributed by atoms with Crippen molar-refractivity contribution < 1.29 is 4.79 Å². The fourth-order valence-corrected chi connectivity index (χ4v) is 5.84. The number of nitrogens with one attached hydrogen (secondary N) is 1. The number of carbonyl (C=O) groups is 1. The number of nitrogens with zero attached hydrogens (tertiary/aromatic N) is 3. The second kappa shape index (κ2) is 8.63. The van der Waals surface area contributed by atoms with E-state index in [2.05, 4.69) is 59.0 Å². The van der Waals surface area contributed by atoms with E-state index in [4.69, 9.17) is 0 Å². The van der Waals surface area contributed by atoms with Crippen molar-refractivity contribution in [3.8, 4) is 0 Å². The van der Waals surface area contributed by atoms with Crippen LogP contribution in [0.2, 0.25) is 0 Å². The van der Waals surface area contributed by atoms with Crippen molar-refractivity contribution in [3.05, 3.63) is 51.7 Å². The molecule has 1 aliphatic rings. The lowest BCUT2D eigenvalue weighted by Gasteiger charge is -2.23. The summed E-state index contributed by atoms with van der Waals surface area (Å²) in [6.07, 6.45) is 2.13. The third-order valence-electron chi connectivity index (χ3n) is 4.93. The van der Waals surface area contributed by atoms with Crippen molar-refractivity contribution in [1.82, 2.24) is 15.1 Å². The van der Waals surface area contributed by atoms with E-state index in [0.717, 1.165) is 34.5 Å². The predicted molar refractivity (Wildman–Crippen MR) is 118 cm³/mol. The van der Waals surface area contributed by atoms with Crippen LogP contribution < -0.4 is 5.32 Å². The van der Waals surface area contributed by atoms with E-state index < -0.39 is 0 Å². The maximum absolute atomic E-state index is 12.7. The van der Waals surface area contributed by atoms with Crippen LogP contribution in [0, 0.1) is 13.8 Å². The summed E-state index contributed by atoms with van der Waals surface area (Å²) in [6, 6.07) is 10.7. The number of likely N-dealkylation sites (tertiary alicyclic amines) is 1. The number of hydrogen-bond donors (Lipinski definition) is 1. The normalized spacial score (nSPS) is 16.5.